The Hall–Kier alpha value is -1.26. The van der Waals surface area contributed by atoms with Crippen molar-refractivity contribution in [2.75, 3.05) is 32.9 Å². The third-order valence-corrected chi connectivity index (χ3v) is 5.04. The van der Waals surface area contributed by atoms with E-state index in [0.29, 0.717) is 10.9 Å². The van der Waals surface area contributed by atoms with E-state index in [1.165, 1.54) is 23.5 Å². The lowest BCUT2D eigenvalue weighted by molar-refractivity contribution is -0.133. The topological polar surface area (TPSA) is 70.1 Å². The zero-order valence-corrected chi connectivity index (χ0v) is 15.7. The van der Waals surface area contributed by atoms with E-state index in [1.807, 2.05) is 12.1 Å². The van der Waals surface area contributed by atoms with Gasteiger partial charge in [-0.3, -0.25) is 4.79 Å². The molecule has 130 valence electrons. The lowest BCUT2D eigenvalue weighted by Crippen LogP contribution is -2.33. The van der Waals surface area contributed by atoms with E-state index in [-0.39, 0.29) is 25.4 Å². The van der Waals surface area contributed by atoms with Gasteiger partial charge in [0.25, 0.3) is 5.91 Å². The van der Waals surface area contributed by atoms with Crippen LogP contribution in [0.1, 0.15) is 12.8 Å². The van der Waals surface area contributed by atoms with Gasteiger partial charge in [0.1, 0.15) is 0 Å². The second kappa shape index (κ2) is 7.75. The Morgan fingerprint density at radius 1 is 1.33 bits per heavy atom. The van der Waals surface area contributed by atoms with Crippen molar-refractivity contribution in [2.45, 2.75) is 12.8 Å². The summed E-state index contributed by atoms with van der Waals surface area (Å²) in [6, 6.07) is 3.70. The van der Waals surface area contributed by atoms with Crippen LogP contribution < -0.4 is 9.80 Å². The minimum atomic E-state index is -0.0930. The van der Waals surface area contributed by atoms with Gasteiger partial charge in [-0.1, -0.05) is 11.3 Å². The summed E-state index contributed by atoms with van der Waals surface area (Å²) in [5.41, 5.74) is 0.721. The number of hydroxylamine groups is 1. The van der Waals surface area contributed by atoms with Gasteiger partial charge < -0.3 is 14.2 Å². The molecule has 0 N–H and O–H groups in total. The molecule has 1 aromatic carbocycles. The van der Waals surface area contributed by atoms with Gasteiger partial charge in [-0.15, -0.1) is 0 Å². The molecule has 1 fully saturated rings. The molecule has 1 heterocycles. The number of hydrogen-bond acceptors (Lipinski definition) is 7. The number of thiazole rings is 1. The summed E-state index contributed by atoms with van der Waals surface area (Å²) in [6.45, 7) is 0.0982. The summed E-state index contributed by atoms with van der Waals surface area (Å²) in [7, 11) is 3.06. The van der Waals surface area contributed by atoms with Crippen LogP contribution in [-0.2, 0) is 19.1 Å². The van der Waals surface area contributed by atoms with E-state index in [4.69, 9.17) is 19.0 Å². The fourth-order valence-corrected chi connectivity index (χ4v) is 3.69. The maximum absolute atomic E-state index is 12.5. The number of carbonyl (C=O) groups excluding carboxylic acids is 1. The molecular weight excluding hydrogens is 400 g/mol. The standard InChI is InChI=1S/C15H17BrN2O5S/c1-20-7-22-12-10(16)5-6-11-13(12)24-15(17-11)18(23-8-21-2)14(19)9-3-4-9/h5-6,9H,3-4,7-8H2,1-2H3. The first-order valence-corrected chi connectivity index (χ1v) is 8.93. The molecule has 2 aromatic rings. The summed E-state index contributed by atoms with van der Waals surface area (Å²) < 4.78 is 17.1. The number of ether oxygens (including phenoxy) is 3. The maximum Gasteiger partial charge on any atom is 0.256 e. The van der Waals surface area contributed by atoms with Crippen molar-refractivity contribution in [3.8, 4) is 5.75 Å². The number of aromatic nitrogens is 1. The quantitative estimate of drug-likeness (QED) is 0.485. The molecule has 3 rings (SSSR count). The number of amides is 1. The van der Waals surface area contributed by atoms with Gasteiger partial charge >= 0.3 is 0 Å². The van der Waals surface area contributed by atoms with E-state index < -0.39 is 0 Å². The van der Waals surface area contributed by atoms with Crippen molar-refractivity contribution in [1.29, 1.82) is 0 Å². The van der Waals surface area contributed by atoms with Gasteiger partial charge in [-0.05, 0) is 40.9 Å². The normalized spacial score (nSPS) is 14.1. The molecule has 0 radical (unpaired) electrons. The van der Waals surface area contributed by atoms with Gasteiger partial charge in [0.05, 0.1) is 14.7 Å². The highest BCUT2D eigenvalue weighted by atomic mass is 79.9. The van der Waals surface area contributed by atoms with Crippen molar-refractivity contribution in [2.24, 2.45) is 5.92 Å². The molecule has 7 nitrogen and oxygen atoms in total. The van der Waals surface area contributed by atoms with Crippen molar-refractivity contribution < 1.29 is 23.8 Å². The number of hydrogen-bond donors (Lipinski definition) is 0. The average molecular weight is 417 g/mol. The molecule has 0 atom stereocenters. The Kier molecular flexibility index (Phi) is 5.67. The van der Waals surface area contributed by atoms with Crippen LogP contribution in [0.4, 0.5) is 5.13 Å². The predicted molar refractivity (Wildman–Crippen MR) is 93.0 cm³/mol. The van der Waals surface area contributed by atoms with Crippen LogP contribution in [0.3, 0.4) is 0 Å². The molecule has 1 amide bonds. The SMILES string of the molecule is COCOc1c(Br)ccc2nc(N(OCOC)C(=O)C3CC3)sc12. The largest absolute Gasteiger partial charge is 0.465 e. The van der Waals surface area contributed by atoms with Crippen LogP contribution in [0.25, 0.3) is 10.2 Å². The third-order valence-electron chi connectivity index (χ3n) is 3.37. The Morgan fingerprint density at radius 3 is 2.75 bits per heavy atom. The van der Waals surface area contributed by atoms with Crippen molar-refractivity contribution >= 4 is 48.5 Å². The highest BCUT2D eigenvalue weighted by Gasteiger charge is 2.36. The molecule has 1 aromatic heterocycles. The van der Waals surface area contributed by atoms with Gasteiger partial charge in [0, 0.05) is 20.1 Å². The summed E-state index contributed by atoms with van der Waals surface area (Å²) in [4.78, 5) is 22.4. The Labute approximate surface area is 151 Å². The molecule has 1 saturated carbocycles. The fourth-order valence-electron chi connectivity index (χ4n) is 2.09. The van der Waals surface area contributed by atoms with E-state index in [1.54, 1.807) is 7.11 Å². The first kappa shape index (κ1) is 17.6. The minimum Gasteiger partial charge on any atom is -0.465 e. The molecule has 24 heavy (non-hydrogen) atoms. The maximum atomic E-state index is 12.5. The van der Waals surface area contributed by atoms with E-state index in [0.717, 1.165) is 27.5 Å². The zero-order valence-electron chi connectivity index (χ0n) is 13.3. The monoisotopic (exact) mass is 416 g/mol. The average Bonchev–Trinajstić information content (AvgIpc) is 3.34. The van der Waals surface area contributed by atoms with Crippen LogP contribution >= 0.6 is 27.3 Å². The third kappa shape index (κ3) is 3.70. The molecule has 0 bridgehead atoms. The van der Waals surface area contributed by atoms with Crippen LogP contribution in [0, 0.1) is 5.92 Å². The van der Waals surface area contributed by atoms with Crippen LogP contribution in [0.2, 0.25) is 0 Å². The Bertz CT molecular complexity index is 734. The molecule has 0 aliphatic heterocycles. The number of nitrogens with zero attached hydrogens (tertiary/aromatic N) is 2. The molecule has 9 heteroatoms. The van der Waals surface area contributed by atoms with Crippen molar-refractivity contribution in [3.05, 3.63) is 16.6 Å². The number of rotatable bonds is 8. The number of anilines is 1. The van der Waals surface area contributed by atoms with Gasteiger partial charge in [0.15, 0.2) is 19.3 Å². The minimum absolute atomic E-state index is 0.00446. The molecule has 0 unspecified atom stereocenters. The first-order chi connectivity index (χ1) is 11.7. The van der Waals surface area contributed by atoms with Crippen LogP contribution in [-0.4, -0.2) is 38.7 Å². The highest BCUT2D eigenvalue weighted by Crippen LogP contribution is 2.41. The second-order valence-electron chi connectivity index (χ2n) is 5.21. The molecule has 0 saturated heterocycles. The molecule has 0 spiro atoms. The summed E-state index contributed by atoms with van der Waals surface area (Å²) in [5.74, 6) is 0.540. The van der Waals surface area contributed by atoms with Gasteiger partial charge in [-0.25, -0.2) is 9.82 Å². The lowest BCUT2D eigenvalue weighted by atomic mass is 10.3. The molecule has 1 aliphatic carbocycles. The van der Waals surface area contributed by atoms with Crippen LogP contribution in [0.15, 0.2) is 16.6 Å². The number of carbonyl (C=O) groups is 1. The predicted octanol–water partition coefficient (Wildman–Crippen LogP) is 3.32. The zero-order chi connectivity index (χ0) is 17.1. The van der Waals surface area contributed by atoms with E-state index in [9.17, 15) is 4.79 Å². The molecular formula is C15H17BrN2O5S. The van der Waals surface area contributed by atoms with Crippen molar-refractivity contribution in [3.63, 3.8) is 0 Å². The summed E-state index contributed by atoms with van der Waals surface area (Å²) >= 11 is 4.79. The number of methoxy groups -OCH3 is 2. The van der Waals surface area contributed by atoms with Gasteiger partial charge in [-0.2, -0.15) is 5.06 Å². The van der Waals surface area contributed by atoms with Crippen molar-refractivity contribution in [1.82, 2.24) is 4.98 Å². The summed E-state index contributed by atoms with van der Waals surface area (Å²) in [6.07, 6.45) is 1.76. The van der Waals surface area contributed by atoms with Crippen LogP contribution in [0.5, 0.6) is 5.75 Å². The number of halogens is 1. The Morgan fingerprint density at radius 2 is 2.08 bits per heavy atom. The smallest absolute Gasteiger partial charge is 0.256 e. The van der Waals surface area contributed by atoms with E-state index in [2.05, 4.69) is 20.9 Å². The second-order valence-corrected chi connectivity index (χ2v) is 7.05. The number of fused-ring (bicyclic) bond motifs is 1. The summed E-state index contributed by atoms with van der Waals surface area (Å²) in [5, 5.41) is 1.69. The lowest BCUT2D eigenvalue weighted by Gasteiger charge is -2.17. The van der Waals surface area contributed by atoms with Gasteiger partial charge in [0.2, 0.25) is 5.13 Å². The highest BCUT2D eigenvalue weighted by molar-refractivity contribution is 9.10. The Balaban J connectivity index is 1.96. The molecule has 1 aliphatic rings. The first-order valence-electron chi connectivity index (χ1n) is 7.32. The number of benzene rings is 1. The van der Waals surface area contributed by atoms with E-state index >= 15 is 0 Å². The fraction of sp³-hybridized carbons (Fsp3) is 0.467.